The number of aromatic nitrogens is 2. The summed E-state index contributed by atoms with van der Waals surface area (Å²) >= 11 is 0. The van der Waals surface area contributed by atoms with Gasteiger partial charge in [0, 0.05) is 18.8 Å². The Morgan fingerprint density at radius 3 is 3.12 bits per heavy atom. The molecule has 2 rings (SSSR count). The van der Waals surface area contributed by atoms with E-state index in [2.05, 4.69) is 20.8 Å². The molecule has 0 bridgehead atoms. The molecule has 0 spiro atoms. The van der Waals surface area contributed by atoms with E-state index < -0.39 is 5.60 Å². The minimum absolute atomic E-state index is 0.202. The number of aliphatic hydroxyl groups is 1. The van der Waals surface area contributed by atoms with Crippen LogP contribution in [0, 0.1) is 6.92 Å². The Kier molecular flexibility index (Phi) is 2.93. The van der Waals surface area contributed by atoms with Crippen molar-refractivity contribution in [2.75, 3.05) is 19.6 Å². The van der Waals surface area contributed by atoms with Crippen molar-refractivity contribution in [3.8, 4) is 0 Å². The quantitative estimate of drug-likeness (QED) is 0.539. The van der Waals surface area contributed by atoms with Crippen molar-refractivity contribution in [2.24, 2.45) is 0 Å². The average Bonchev–Trinajstić information content (AvgIpc) is 2.85. The molecular formula is C10H16N4O2. The molecule has 2 heterocycles. The van der Waals surface area contributed by atoms with Crippen LogP contribution in [-0.2, 0) is 0 Å². The van der Waals surface area contributed by atoms with Crippen LogP contribution < -0.4 is 10.6 Å². The predicted molar refractivity (Wildman–Crippen MR) is 58.1 cm³/mol. The topological polar surface area (TPSA) is 90.0 Å². The Morgan fingerprint density at radius 2 is 2.56 bits per heavy atom. The van der Waals surface area contributed by atoms with E-state index in [9.17, 15) is 9.90 Å². The van der Waals surface area contributed by atoms with Gasteiger partial charge in [-0.15, -0.1) is 0 Å². The highest BCUT2D eigenvalue weighted by Gasteiger charge is 2.31. The smallest absolute Gasteiger partial charge is 0.254 e. The normalized spacial score (nSPS) is 24.6. The maximum Gasteiger partial charge on any atom is 0.254 e. The number of hydrogen-bond acceptors (Lipinski definition) is 4. The first kappa shape index (κ1) is 11.1. The summed E-state index contributed by atoms with van der Waals surface area (Å²) in [5.74, 6) is -0.202. The van der Waals surface area contributed by atoms with E-state index >= 15 is 0 Å². The lowest BCUT2D eigenvalue weighted by atomic mass is 10.0. The molecule has 0 radical (unpaired) electrons. The molecule has 6 nitrogen and oxygen atoms in total. The maximum absolute atomic E-state index is 11.7. The minimum Gasteiger partial charge on any atom is -0.387 e. The summed E-state index contributed by atoms with van der Waals surface area (Å²) in [6, 6.07) is 0. The first-order valence-electron chi connectivity index (χ1n) is 5.32. The third-order valence-corrected chi connectivity index (χ3v) is 2.87. The Labute approximate surface area is 93.4 Å². The Bertz CT molecular complexity index is 382. The van der Waals surface area contributed by atoms with Crippen LogP contribution >= 0.6 is 0 Å². The number of H-pyrrole nitrogens is 1. The standard InChI is InChI=1S/C10H16N4O2/c1-7-8(4-13-14-7)9(15)12-6-10(16)2-3-11-5-10/h4,11,16H,2-3,5-6H2,1H3,(H,12,15)(H,13,14). The van der Waals surface area contributed by atoms with Gasteiger partial charge in [-0.2, -0.15) is 5.10 Å². The molecule has 0 aromatic carbocycles. The summed E-state index contributed by atoms with van der Waals surface area (Å²) in [6.45, 7) is 3.37. The van der Waals surface area contributed by atoms with E-state index in [0.29, 0.717) is 18.5 Å². The van der Waals surface area contributed by atoms with E-state index in [1.807, 2.05) is 0 Å². The first-order valence-corrected chi connectivity index (χ1v) is 5.32. The highest BCUT2D eigenvalue weighted by Crippen LogP contribution is 2.13. The van der Waals surface area contributed by atoms with Crippen LogP contribution in [0.3, 0.4) is 0 Å². The van der Waals surface area contributed by atoms with Gasteiger partial charge in [-0.3, -0.25) is 9.89 Å². The second kappa shape index (κ2) is 4.23. The number of nitrogens with one attached hydrogen (secondary N) is 3. The molecule has 1 saturated heterocycles. The van der Waals surface area contributed by atoms with Crippen molar-refractivity contribution >= 4 is 5.91 Å². The van der Waals surface area contributed by atoms with E-state index in [1.165, 1.54) is 6.20 Å². The van der Waals surface area contributed by atoms with Crippen molar-refractivity contribution < 1.29 is 9.90 Å². The zero-order chi connectivity index (χ0) is 11.6. The lowest BCUT2D eigenvalue weighted by molar-refractivity contribution is 0.0561. The van der Waals surface area contributed by atoms with Gasteiger partial charge in [-0.25, -0.2) is 0 Å². The number of carbonyl (C=O) groups is 1. The third-order valence-electron chi connectivity index (χ3n) is 2.87. The zero-order valence-corrected chi connectivity index (χ0v) is 9.21. The molecule has 1 aliphatic rings. The van der Waals surface area contributed by atoms with Crippen LogP contribution in [-0.4, -0.2) is 46.4 Å². The van der Waals surface area contributed by atoms with Crippen LogP contribution in [0.1, 0.15) is 22.5 Å². The molecular weight excluding hydrogens is 208 g/mol. The summed E-state index contributed by atoms with van der Waals surface area (Å²) in [6.07, 6.45) is 2.15. The van der Waals surface area contributed by atoms with Gasteiger partial charge < -0.3 is 15.7 Å². The predicted octanol–water partition coefficient (Wildman–Crippen LogP) is -0.828. The molecule has 1 aromatic heterocycles. The first-order chi connectivity index (χ1) is 7.61. The van der Waals surface area contributed by atoms with Crippen LogP contribution in [0.5, 0.6) is 0 Å². The van der Waals surface area contributed by atoms with Crippen molar-refractivity contribution in [1.29, 1.82) is 0 Å². The van der Waals surface area contributed by atoms with Gasteiger partial charge in [0.2, 0.25) is 0 Å². The Balaban J connectivity index is 1.91. The fourth-order valence-corrected chi connectivity index (χ4v) is 1.80. The Hall–Kier alpha value is -1.40. The fraction of sp³-hybridized carbons (Fsp3) is 0.600. The second-order valence-electron chi connectivity index (χ2n) is 4.24. The van der Waals surface area contributed by atoms with E-state index in [1.54, 1.807) is 6.92 Å². The summed E-state index contributed by atoms with van der Waals surface area (Å²) < 4.78 is 0. The monoisotopic (exact) mass is 224 g/mol. The van der Waals surface area contributed by atoms with Crippen LogP contribution in [0.2, 0.25) is 0 Å². The molecule has 88 valence electrons. The number of rotatable bonds is 3. The molecule has 1 atom stereocenters. The summed E-state index contributed by atoms with van der Waals surface area (Å²) in [5.41, 5.74) is 0.441. The molecule has 0 aliphatic carbocycles. The number of β-amino-alcohol motifs (C(OH)–C–C–N with tert-alkyl or cyclic N) is 1. The molecule has 16 heavy (non-hydrogen) atoms. The van der Waals surface area contributed by atoms with Crippen LogP contribution in [0.15, 0.2) is 6.20 Å². The average molecular weight is 224 g/mol. The SMILES string of the molecule is Cc1[nH]ncc1C(=O)NCC1(O)CCNC1. The number of carbonyl (C=O) groups excluding carboxylic acids is 1. The van der Waals surface area contributed by atoms with E-state index in [-0.39, 0.29) is 12.5 Å². The Morgan fingerprint density at radius 1 is 1.75 bits per heavy atom. The van der Waals surface area contributed by atoms with Gasteiger partial charge in [0.15, 0.2) is 0 Å². The summed E-state index contributed by atoms with van der Waals surface area (Å²) in [5, 5.41) is 22.3. The van der Waals surface area contributed by atoms with Gasteiger partial charge in [0.25, 0.3) is 5.91 Å². The van der Waals surface area contributed by atoms with Crippen molar-refractivity contribution in [2.45, 2.75) is 18.9 Å². The zero-order valence-electron chi connectivity index (χ0n) is 9.21. The lowest BCUT2D eigenvalue weighted by Gasteiger charge is -2.21. The van der Waals surface area contributed by atoms with Crippen molar-refractivity contribution in [3.63, 3.8) is 0 Å². The van der Waals surface area contributed by atoms with E-state index in [4.69, 9.17) is 0 Å². The highest BCUT2D eigenvalue weighted by atomic mass is 16.3. The van der Waals surface area contributed by atoms with Crippen molar-refractivity contribution in [1.82, 2.24) is 20.8 Å². The fourth-order valence-electron chi connectivity index (χ4n) is 1.80. The molecule has 1 fully saturated rings. The largest absolute Gasteiger partial charge is 0.387 e. The molecule has 1 aliphatic heterocycles. The summed E-state index contributed by atoms with van der Waals surface area (Å²) in [4.78, 5) is 11.7. The number of hydrogen-bond donors (Lipinski definition) is 4. The summed E-state index contributed by atoms with van der Waals surface area (Å²) in [7, 11) is 0. The van der Waals surface area contributed by atoms with Gasteiger partial charge in [0.05, 0.1) is 17.4 Å². The molecule has 1 unspecified atom stereocenters. The van der Waals surface area contributed by atoms with Gasteiger partial charge in [0.1, 0.15) is 0 Å². The highest BCUT2D eigenvalue weighted by molar-refractivity contribution is 5.94. The second-order valence-corrected chi connectivity index (χ2v) is 4.24. The van der Waals surface area contributed by atoms with Crippen molar-refractivity contribution in [3.05, 3.63) is 17.5 Å². The lowest BCUT2D eigenvalue weighted by Crippen LogP contribution is -2.44. The molecule has 1 aromatic rings. The van der Waals surface area contributed by atoms with E-state index in [0.717, 1.165) is 12.2 Å². The number of nitrogens with zero attached hydrogens (tertiary/aromatic N) is 1. The molecule has 6 heteroatoms. The third kappa shape index (κ3) is 2.23. The number of amides is 1. The van der Waals surface area contributed by atoms with Gasteiger partial charge >= 0.3 is 0 Å². The van der Waals surface area contributed by atoms with Crippen LogP contribution in [0.25, 0.3) is 0 Å². The molecule has 0 saturated carbocycles. The maximum atomic E-state index is 11.7. The minimum atomic E-state index is -0.812. The van der Waals surface area contributed by atoms with Gasteiger partial charge in [-0.1, -0.05) is 0 Å². The van der Waals surface area contributed by atoms with Gasteiger partial charge in [-0.05, 0) is 19.9 Å². The molecule has 4 N–H and O–H groups in total. The van der Waals surface area contributed by atoms with Crippen LogP contribution in [0.4, 0.5) is 0 Å². The number of aryl methyl sites for hydroxylation is 1. The number of aromatic amines is 1. The molecule has 1 amide bonds.